The van der Waals surface area contributed by atoms with E-state index < -0.39 is 26.5 Å². The van der Waals surface area contributed by atoms with Crippen LogP contribution in [0.2, 0.25) is 0 Å². The van der Waals surface area contributed by atoms with Crippen LogP contribution in [0.15, 0.2) is 182 Å². The summed E-state index contributed by atoms with van der Waals surface area (Å²) in [7, 11) is 1.45. The molecule has 10 heteroatoms. The predicted octanol–water partition coefficient (Wildman–Crippen LogP) is 24.3. The first kappa shape index (κ1) is 87.1. The first-order valence-electron chi connectivity index (χ1n) is 36.5. The standard InChI is InChI=1S/C82H134NO8P/c1-6-8-10-12-14-16-18-20-22-24-26-28-30-32-34-35-36-37-38-39-40-41-42-43-44-45-46-47-49-51-53-55-57-59-61-63-65-67-69-71-73-75-82(85)91-80(79-90-92(86,87)89-77-76-83(3,4)5)78-88-81(84)74-72-70-68-66-64-62-60-58-56-54-52-50-48-33-31-29-27-25-23-21-19-17-15-13-11-9-7-2/h8-11,14-17,20-23,26-29,32-34,36-37,39-40,42-43,45-46,48-49,51,80H,6-7,12-13,18-19,24-25,30-31,35,38,41,44,47,50,52-79H2,1-5H3/p+1/b10-8-,11-9-,16-14-,17-15-,22-20-,23-21-,28-26-,29-27-,34-32-,37-36-,40-39-,43-42-,46-45-,48-33-,51-49-. The molecular formula is C82H135NO8P+. The highest BCUT2D eigenvalue weighted by atomic mass is 31.2. The van der Waals surface area contributed by atoms with Crippen LogP contribution in [0.25, 0.3) is 0 Å². The zero-order chi connectivity index (χ0) is 66.9. The number of ether oxygens (including phenoxy) is 2. The summed E-state index contributed by atoms with van der Waals surface area (Å²) >= 11 is 0. The Bertz CT molecular complexity index is 2210. The molecule has 0 bridgehead atoms. The molecular weight excluding hydrogens is 1160 g/mol. The van der Waals surface area contributed by atoms with Gasteiger partial charge in [0, 0.05) is 12.8 Å². The van der Waals surface area contributed by atoms with Crippen molar-refractivity contribution in [2.75, 3.05) is 47.5 Å². The highest BCUT2D eigenvalue weighted by Gasteiger charge is 2.27. The number of unbranched alkanes of at least 4 members (excludes halogenated alkanes) is 21. The van der Waals surface area contributed by atoms with Crippen molar-refractivity contribution in [1.82, 2.24) is 0 Å². The van der Waals surface area contributed by atoms with E-state index in [2.05, 4.69) is 196 Å². The third-order valence-electron chi connectivity index (χ3n) is 14.9. The van der Waals surface area contributed by atoms with Gasteiger partial charge in [0.05, 0.1) is 27.7 Å². The Balaban J connectivity index is 4.10. The van der Waals surface area contributed by atoms with Gasteiger partial charge in [0.15, 0.2) is 6.10 Å². The van der Waals surface area contributed by atoms with E-state index in [1.165, 1.54) is 83.5 Å². The van der Waals surface area contributed by atoms with Crippen molar-refractivity contribution < 1.29 is 42.1 Å². The molecule has 0 aliphatic carbocycles. The molecule has 0 aromatic rings. The average molecular weight is 1290 g/mol. The largest absolute Gasteiger partial charge is 0.472 e. The van der Waals surface area contributed by atoms with E-state index in [0.717, 1.165) is 154 Å². The van der Waals surface area contributed by atoms with Gasteiger partial charge in [-0.15, -0.1) is 0 Å². The number of hydrogen-bond donors (Lipinski definition) is 1. The second-order valence-corrected chi connectivity index (χ2v) is 26.3. The maximum atomic E-state index is 12.9. The van der Waals surface area contributed by atoms with Crippen LogP contribution in [0, 0.1) is 0 Å². The molecule has 0 saturated heterocycles. The lowest BCUT2D eigenvalue weighted by molar-refractivity contribution is -0.870. The van der Waals surface area contributed by atoms with Crippen LogP contribution in [0.3, 0.4) is 0 Å². The molecule has 0 fully saturated rings. The molecule has 0 aromatic heterocycles. The van der Waals surface area contributed by atoms with Gasteiger partial charge in [-0.25, -0.2) is 4.57 Å². The molecule has 0 aliphatic rings. The van der Waals surface area contributed by atoms with E-state index in [0.29, 0.717) is 17.4 Å². The minimum Gasteiger partial charge on any atom is -0.462 e. The summed E-state index contributed by atoms with van der Waals surface area (Å²) in [6.07, 6.45) is 108. The second-order valence-electron chi connectivity index (χ2n) is 24.9. The lowest BCUT2D eigenvalue weighted by Crippen LogP contribution is -2.37. The van der Waals surface area contributed by atoms with E-state index >= 15 is 0 Å². The van der Waals surface area contributed by atoms with Crippen molar-refractivity contribution in [2.45, 2.75) is 277 Å². The lowest BCUT2D eigenvalue weighted by atomic mass is 10.0. The van der Waals surface area contributed by atoms with Crippen LogP contribution in [0.5, 0.6) is 0 Å². The Morgan fingerprint density at radius 3 is 0.870 bits per heavy atom. The number of carbonyl (C=O) groups is 2. The zero-order valence-corrected chi connectivity index (χ0v) is 60.1. The highest BCUT2D eigenvalue weighted by molar-refractivity contribution is 7.47. The lowest BCUT2D eigenvalue weighted by Gasteiger charge is -2.24. The van der Waals surface area contributed by atoms with E-state index in [9.17, 15) is 19.0 Å². The molecule has 0 amide bonds. The Kier molecular flexibility index (Phi) is 66.7. The normalized spacial score (nSPS) is 14.2. The molecule has 2 atom stereocenters. The molecule has 9 nitrogen and oxygen atoms in total. The first-order chi connectivity index (χ1) is 45.0. The molecule has 0 rings (SSSR count). The summed E-state index contributed by atoms with van der Waals surface area (Å²) in [5.74, 6) is -0.813. The fourth-order valence-electron chi connectivity index (χ4n) is 9.42. The van der Waals surface area contributed by atoms with Gasteiger partial charge in [-0.1, -0.05) is 305 Å². The third kappa shape index (κ3) is 74.2. The van der Waals surface area contributed by atoms with Crippen LogP contribution >= 0.6 is 7.82 Å². The number of esters is 2. The second kappa shape index (κ2) is 70.4. The van der Waals surface area contributed by atoms with Gasteiger partial charge in [0.1, 0.15) is 19.8 Å². The topological polar surface area (TPSA) is 108 Å². The van der Waals surface area contributed by atoms with Gasteiger partial charge in [0.2, 0.25) is 0 Å². The average Bonchev–Trinajstić information content (AvgIpc) is 2.23. The van der Waals surface area contributed by atoms with Crippen LogP contribution in [0.1, 0.15) is 271 Å². The molecule has 0 radical (unpaired) electrons. The summed E-state index contributed by atoms with van der Waals surface area (Å²) < 4.78 is 34.7. The predicted molar refractivity (Wildman–Crippen MR) is 399 cm³/mol. The summed E-state index contributed by atoms with van der Waals surface area (Å²) in [4.78, 5) is 35.9. The molecule has 92 heavy (non-hydrogen) atoms. The molecule has 0 aliphatic heterocycles. The fourth-order valence-corrected chi connectivity index (χ4v) is 10.2. The van der Waals surface area contributed by atoms with Gasteiger partial charge >= 0.3 is 19.8 Å². The van der Waals surface area contributed by atoms with Gasteiger partial charge < -0.3 is 18.9 Å². The minimum atomic E-state index is -4.41. The summed E-state index contributed by atoms with van der Waals surface area (Å²) in [5, 5.41) is 0. The summed E-state index contributed by atoms with van der Waals surface area (Å²) in [6.45, 7) is 4.19. The van der Waals surface area contributed by atoms with Gasteiger partial charge in [0.25, 0.3) is 0 Å². The smallest absolute Gasteiger partial charge is 0.462 e. The molecule has 2 unspecified atom stereocenters. The van der Waals surface area contributed by atoms with Crippen LogP contribution in [-0.4, -0.2) is 74.9 Å². The molecule has 0 spiro atoms. The highest BCUT2D eigenvalue weighted by Crippen LogP contribution is 2.43. The first-order valence-corrected chi connectivity index (χ1v) is 38.0. The monoisotopic (exact) mass is 1290 g/mol. The van der Waals surface area contributed by atoms with Crippen molar-refractivity contribution in [3.05, 3.63) is 182 Å². The maximum absolute atomic E-state index is 12.9. The summed E-state index contributed by atoms with van der Waals surface area (Å²) in [5.41, 5.74) is 0. The maximum Gasteiger partial charge on any atom is 0.472 e. The molecule has 0 saturated carbocycles. The van der Waals surface area contributed by atoms with Crippen LogP contribution < -0.4 is 0 Å². The number of allylic oxidation sites excluding steroid dienone is 30. The quantitative estimate of drug-likeness (QED) is 0.0211. The Morgan fingerprint density at radius 1 is 0.337 bits per heavy atom. The third-order valence-corrected chi connectivity index (χ3v) is 15.9. The summed E-state index contributed by atoms with van der Waals surface area (Å²) in [6, 6.07) is 0. The Labute approximate surface area is 565 Å². The van der Waals surface area contributed by atoms with Crippen molar-refractivity contribution in [2.24, 2.45) is 0 Å². The van der Waals surface area contributed by atoms with Gasteiger partial charge in [-0.2, -0.15) is 0 Å². The van der Waals surface area contributed by atoms with Crippen molar-refractivity contribution in [3.8, 4) is 0 Å². The molecule has 0 heterocycles. The molecule has 1 N–H and O–H groups in total. The minimum absolute atomic E-state index is 0.0218. The van der Waals surface area contributed by atoms with Gasteiger partial charge in [-0.05, 0) is 135 Å². The Hall–Kier alpha value is -4.89. The molecule has 520 valence electrons. The van der Waals surface area contributed by atoms with Crippen molar-refractivity contribution in [3.63, 3.8) is 0 Å². The van der Waals surface area contributed by atoms with E-state index in [1.807, 2.05) is 21.1 Å². The number of hydrogen-bond acceptors (Lipinski definition) is 7. The van der Waals surface area contributed by atoms with Crippen LogP contribution in [-0.2, 0) is 32.7 Å². The van der Waals surface area contributed by atoms with Crippen molar-refractivity contribution >= 4 is 19.8 Å². The fraction of sp³-hybridized carbons (Fsp3) is 0.610. The SMILES string of the molecule is CC/C=C\C/C=C\C/C=C\C/C=C\C/C=C\C/C=C\C/C=C\C/C=C\C/C=C\C/C=C\CCCCCCCCCCCCC(=O)OC(COC(=O)CCCCCCCCCCCCC/C=C\C/C=C\C/C=C\C/C=C\C/C=C\CC)COP(=O)(O)OCC[N+](C)(C)C. The van der Waals surface area contributed by atoms with E-state index in [1.54, 1.807) is 0 Å². The number of phosphoric acid groups is 1. The zero-order valence-electron chi connectivity index (χ0n) is 59.2. The number of quaternary nitrogens is 1. The van der Waals surface area contributed by atoms with Crippen molar-refractivity contribution in [1.29, 1.82) is 0 Å². The van der Waals surface area contributed by atoms with Gasteiger partial charge in [-0.3, -0.25) is 18.6 Å². The number of phosphoric ester groups is 1. The number of rotatable bonds is 65. The van der Waals surface area contributed by atoms with Crippen LogP contribution in [0.4, 0.5) is 0 Å². The number of nitrogens with zero attached hydrogens (tertiary/aromatic N) is 1. The number of carbonyl (C=O) groups excluding carboxylic acids is 2. The van der Waals surface area contributed by atoms with E-state index in [-0.39, 0.29) is 32.0 Å². The Morgan fingerprint density at radius 2 is 0.587 bits per heavy atom. The molecule has 0 aromatic carbocycles. The van der Waals surface area contributed by atoms with E-state index in [4.69, 9.17) is 18.5 Å². The number of likely N-dealkylation sites (N-methyl/N-ethyl adjacent to an activating group) is 1.